The number of Topliss-reactive ketones (excluding diaryl/α,β-unsaturated/α-hetero) is 1. The quantitative estimate of drug-likeness (QED) is 0.790. The lowest BCUT2D eigenvalue weighted by molar-refractivity contribution is -0.127. The molecule has 0 aliphatic heterocycles. The van der Waals surface area contributed by atoms with E-state index in [0.29, 0.717) is 23.6 Å². The topological polar surface area (TPSA) is 77.5 Å². The van der Waals surface area contributed by atoms with Crippen molar-refractivity contribution in [1.29, 1.82) is 0 Å². The summed E-state index contributed by atoms with van der Waals surface area (Å²) in [4.78, 5) is 27.5. The number of carbonyl (C=O) groups is 2. The molecule has 24 heavy (non-hydrogen) atoms. The molecule has 6 heteroatoms. The van der Waals surface area contributed by atoms with Crippen LogP contribution in [0.1, 0.15) is 29.8 Å². The number of ketones is 1. The zero-order valence-electron chi connectivity index (χ0n) is 13.9. The van der Waals surface area contributed by atoms with Crippen molar-refractivity contribution in [2.24, 2.45) is 0 Å². The Kier molecular flexibility index (Phi) is 5.89. The minimum atomic E-state index is -0.694. The van der Waals surface area contributed by atoms with Crippen LogP contribution in [0.5, 0.6) is 11.5 Å². The van der Waals surface area contributed by atoms with Gasteiger partial charge in [0.15, 0.2) is 11.9 Å². The lowest BCUT2D eigenvalue weighted by Crippen LogP contribution is -2.36. The maximum absolute atomic E-state index is 12.2. The molecule has 1 unspecified atom stereocenters. The molecule has 0 bridgehead atoms. The molecule has 1 atom stereocenters. The van der Waals surface area contributed by atoms with Gasteiger partial charge in [-0.15, -0.1) is 0 Å². The summed E-state index contributed by atoms with van der Waals surface area (Å²) < 4.78 is 10.8. The zero-order valence-corrected chi connectivity index (χ0v) is 13.9. The molecule has 0 saturated heterocycles. The molecule has 1 aromatic carbocycles. The van der Waals surface area contributed by atoms with E-state index in [4.69, 9.17) is 9.47 Å². The Bertz CT molecular complexity index is 730. The molecule has 0 spiro atoms. The average Bonchev–Trinajstić information content (AvgIpc) is 2.60. The molecule has 0 fully saturated rings. The molecule has 1 aromatic heterocycles. The van der Waals surface area contributed by atoms with Gasteiger partial charge in [0.1, 0.15) is 11.5 Å². The van der Waals surface area contributed by atoms with E-state index in [-0.39, 0.29) is 11.7 Å². The monoisotopic (exact) mass is 328 g/mol. The van der Waals surface area contributed by atoms with Crippen LogP contribution in [0.2, 0.25) is 0 Å². The minimum Gasteiger partial charge on any atom is -0.495 e. The lowest BCUT2D eigenvalue weighted by Gasteiger charge is -2.16. The maximum Gasteiger partial charge on any atom is 0.261 e. The standard InChI is InChI=1S/C18H20N2O4/c1-12(21)14-5-4-6-16(9-14)24-13(2)18(22)20-10-15-7-8-19-11-17(15)23-3/h4-9,11,13H,10H2,1-3H3,(H,20,22). The number of aromatic nitrogens is 1. The first kappa shape index (κ1) is 17.5. The highest BCUT2D eigenvalue weighted by Crippen LogP contribution is 2.17. The Hall–Kier alpha value is -2.89. The first-order valence-corrected chi connectivity index (χ1v) is 7.53. The highest BCUT2D eigenvalue weighted by Gasteiger charge is 2.15. The SMILES string of the molecule is COc1cnccc1CNC(=O)C(C)Oc1cccc(C(C)=O)c1. The van der Waals surface area contributed by atoms with Crippen molar-refractivity contribution in [2.45, 2.75) is 26.5 Å². The van der Waals surface area contributed by atoms with E-state index in [0.717, 1.165) is 5.56 Å². The molecular weight excluding hydrogens is 308 g/mol. The molecule has 1 heterocycles. The Morgan fingerprint density at radius 3 is 2.79 bits per heavy atom. The number of nitrogens with zero attached hydrogens (tertiary/aromatic N) is 1. The van der Waals surface area contributed by atoms with Gasteiger partial charge in [-0.1, -0.05) is 12.1 Å². The summed E-state index contributed by atoms with van der Waals surface area (Å²) in [5.41, 5.74) is 1.37. The molecule has 1 amide bonds. The van der Waals surface area contributed by atoms with E-state index in [2.05, 4.69) is 10.3 Å². The molecular formula is C18H20N2O4. The number of hydrogen-bond donors (Lipinski definition) is 1. The minimum absolute atomic E-state index is 0.0534. The van der Waals surface area contributed by atoms with Crippen molar-refractivity contribution < 1.29 is 19.1 Å². The molecule has 6 nitrogen and oxygen atoms in total. The Labute approximate surface area is 140 Å². The van der Waals surface area contributed by atoms with Crippen molar-refractivity contribution >= 4 is 11.7 Å². The molecule has 2 rings (SSSR count). The summed E-state index contributed by atoms with van der Waals surface area (Å²) in [6.07, 6.45) is 2.53. The van der Waals surface area contributed by atoms with Gasteiger partial charge >= 0.3 is 0 Å². The number of benzene rings is 1. The second-order valence-corrected chi connectivity index (χ2v) is 5.25. The molecule has 0 aliphatic rings. The van der Waals surface area contributed by atoms with Crippen LogP contribution in [0.4, 0.5) is 0 Å². The van der Waals surface area contributed by atoms with Crippen LogP contribution in [0, 0.1) is 0 Å². The predicted octanol–water partition coefficient (Wildman–Crippen LogP) is 2.38. The number of ether oxygens (including phenoxy) is 2. The van der Waals surface area contributed by atoms with Crippen molar-refractivity contribution in [3.8, 4) is 11.5 Å². The van der Waals surface area contributed by atoms with Crippen LogP contribution in [0.25, 0.3) is 0 Å². The molecule has 126 valence electrons. The van der Waals surface area contributed by atoms with Crippen LogP contribution in [-0.4, -0.2) is 29.9 Å². The van der Waals surface area contributed by atoms with Crippen LogP contribution >= 0.6 is 0 Å². The number of rotatable bonds is 7. The van der Waals surface area contributed by atoms with Crippen LogP contribution in [-0.2, 0) is 11.3 Å². The zero-order chi connectivity index (χ0) is 17.5. The Morgan fingerprint density at radius 1 is 1.29 bits per heavy atom. The second kappa shape index (κ2) is 8.10. The third-order valence-corrected chi connectivity index (χ3v) is 3.47. The predicted molar refractivity (Wildman–Crippen MR) is 89.2 cm³/mol. The number of nitrogens with one attached hydrogen (secondary N) is 1. The van der Waals surface area contributed by atoms with Crippen LogP contribution < -0.4 is 14.8 Å². The summed E-state index contributed by atoms with van der Waals surface area (Å²) in [5.74, 6) is 0.775. The van der Waals surface area contributed by atoms with Crippen molar-refractivity contribution in [3.63, 3.8) is 0 Å². The van der Waals surface area contributed by atoms with E-state index < -0.39 is 6.10 Å². The lowest BCUT2D eigenvalue weighted by atomic mass is 10.1. The number of methoxy groups -OCH3 is 1. The Morgan fingerprint density at radius 2 is 2.08 bits per heavy atom. The highest BCUT2D eigenvalue weighted by molar-refractivity contribution is 5.94. The van der Waals surface area contributed by atoms with Gasteiger partial charge in [-0.25, -0.2) is 0 Å². The fourth-order valence-corrected chi connectivity index (χ4v) is 2.11. The van der Waals surface area contributed by atoms with E-state index in [1.54, 1.807) is 56.8 Å². The van der Waals surface area contributed by atoms with Crippen LogP contribution in [0.3, 0.4) is 0 Å². The van der Waals surface area contributed by atoms with E-state index >= 15 is 0 Å². The maximum atomic E-state index is 12.2. The third kappa shape index (κ3) is 4.55. The fraction of sp³-hybridized carbons (Fsp3) is 0.278. The average molecular weight is 328 g/mol. The summed E-state index contributed by atoms with van der Waals surface area (Å²) in [5, 5.41) is 2.79. The number of pyridine rings is 1. The number of hydrogen-bond acceptors (Lipinski definition) is 5. The summed E-state index contributed by atoms with van der Waals surface area (Å²) in [7, 11) is 1.55. The molecule has 1 N–H and O–H groups in total. The van der Waals surface area contributed by atoms with Crippen molar-refractivity contribution in [3.05, 3.63) is 53.9 Å². The van der Waals surface area contributed by atoms with Gasteiger partial charge in [-0.3, -0.25) is 14.6 Å². The normalized spacial score (nSPS) is 11.5. The summed E-state index contributed by atoms with van der Waals surface area (Å²) in [6.45, 7) is 3.45. The Balaban J connectivity index is 1.95. The van der Waals surface area contributed by atoms with Crippen LogP contribution in [0.15, 0.2) is 42.7 Å². The molecule has 0 saturated carbocycles. The fourth-order valence-electron chi connectivity index (χ4n) is 2.11. The van der Waals surface area contributed by atoms with Gasteiger partial charge in [-0.2, -0.15) is 0 Å². The number of amides is 1. The number of carbonyl (C=O) groups excluding carboxylic acids is 2. The largest absolute Gasteiger partial charge is 0.495 e. The first-order valence-electron chi connectivity index (χ1n) is 7.53. The molecule has 0 aliphatic carbocycles. The molecule has 0 radical (unpaired) electrons. The molecule has 2 aromatic rings. The van der Waals surface area contributed by atoms with Gasteiger partial charge in [0.25, 0.3) is 5.91 Å². The highest BCUT2D eigenvalue weighted by atomic mass is 16.5. The van der Waals surface area contributed by atoms with E-state index in [1.807, 2.05) is 0 Å². The van der Waals surface area contributed by atoms with Gasteiger partial charge in [-0.05, 0) is 32.0 Å². The third-order valence-electron chi connectivity index (χ3n) is 3.47. The van der Waals surface area contributed by atoms with Crippen molar-refractivity contribution in [1.82, 2.24) is 10.3 Å². The van der Waals surface area contributed by atoms with E-state index in [1.165, 1.54) is 6.92 Å². The summed E-state index contributed by atoms with van der Waals surface area (Å²) in [6, 6.07) is 8.54. The van der Waals surface area contributed by atoms with Gasteiger partial charge in [0, 0.05) is 23.9 Å². The van der Waals surface area contributed by atoms with Crippen molar-refractivity contribution in [2.75, 3.05) is 7.11 Å². The first-order chi connectivity index (χ1) is 11.5. The van der Waals surface area contributed by atoms with Gasteiger partial charge in [0.2, 0.25) is 0 Å². The van der Waals surface area contributed by atoms with Gasteiger partial charge < -0.3 is 14.8 Å². The second-order valence-electron chi connectivity index (χ2n) is 5.25. The van der Waals surface area contributed by atoms with E-state index in [9.17, 15) is 9.59 Å². The summed E-state index contributed by atoms with van der Waals surface area (Å²) >= 11 is 0. The smallest absolute Gasteiger partial charge is 0.261 e. The van der Waals surface area contributed by atoms with Gasteiger partial charge in [0.05, 0.1) is 13.3 Å².